The van der Waals surface area contributed by atoms with E-state index in [0.717, 1.165) is 29.0 Å². The minimum atomic E-state index is -0.149. The van der Waals surface area contributed by atoms with Gasteiger partial charge in [0, 0.05) is 37.5 Å². The van der Waals surface area contributed by atoms with Crippen LogP contribution < -0.4 is 5.32 Å². The second kappa shape index (κ2) is 9.75. The van der Waals surface area contributed by atoms with Crippen LogP contribution in [0.1, 0.15) is 28.8 Å². The number of nitrogens with one attached hydrogen (secondary N) is 1. The van der Waals surface area contributed by atoms with E-state index in [0.29, 0.717) is 36.9 Å². The Morgan fingerprint density at radius 3 is 2.82 bits per heavy atom. The van der Waals surface area contributed by atoms with Crippen LogP contribution in [0.2, 0.25) is 4.34 Å². The predicted molar refractivity (Wildman–Crippen MR) is 113 cm³/mol. The predicted octanol–water partition coefficient (Wildman–Crippen LogP) is 4.42. The van der Waals surface area contributed by atoms with Crippen LogP contribution in [0.25, 0.3) is 0 Å². The number of likely N-dealkylation sites (tertiary alicyclic amines) is 1. The molecule has 0 radical (unpaired) electrons. The maximum atomic E-state index is 12.6. The van der Waals surface area contributed by atoms with Gasteiger partial charge in [-0.15, -0.1) is 17.9 Å². The van der Waals surface area contributed by atoms with E-state index in [2.05, 4.69) is 11.9 Å². The first-order chi connectivity index (χ1) is 13.5. The zero-order valence-electron chi connectivity index (χ0n) is 15.7. The summed E-state index contributed by atoms with van der Waals surface area (Å²) in [5, 5.41) is 2.97. The molecule has 0 unspecified atom stereocenters. The highest BCUT2D eigenvalue weighted by atomic mass is 35.5. The Bertz CT molecular complexity index is 852. The van der Waals surface area contributed by atoms with Crippen molar-refractivity contribution in [1.29, 1.82) is 0 Å². The Balaban J connectivity index is 1.57. The van der Waals surface area contributed by atoms with Crippen molar-refractivity contribution in [2.45, 2.75) is 32.5 Å². The lowest BCUT2D eigenvalue weighted by molar-refractivity contribution is -0.128. The Morgan fingerprint density at radius 1 is 1.32 bits per heavy atom. The lowest BCUT2D eigenvalue weighted by atomic mass is 10.1. The van der Waals surface area contributed by atoms with Crippen LogP contribution in [0.5, 0.6) is 0 Å². The fourth-order valence-electron chi connectivity index (χ4n) is 3.22. The number of hydrogen-bond acceptors (Lipinski definition) is 3. The number of carbonyl (C=O) groups excluding carboxylic acids is 2. The molecular formula is C21H24ClN3O2S. The average molecular weight is 418 g/mol. The SMILES string of the molecule is C=CCN(Cc1ccc(Cl)s1)C(=O)NCc1cccc(CN2CCCC2=O)c1. The third-order valence-corrected chi connectivity index (χ3v) is 5.81. The Hall–Kier alpha value is -2.31. The lowest BCUT2D eigenvalue weighted by Crippen LogP contribution is -2.39. The van der Waals surface area contributed by atoms with Gasteiger partial charge in [0.05, 0.1) is 10.9 Å². The van der Waals surface area contributed by atoms with Gasteiger partial charge in [0.2, 0.25) is 5.91 Å². The van der Waals surface area contributed by atoms with Gasteiger partial charge in [-0.3, -0.25) is 4.79 Å². The highest BCUT2D eigenvalue weighted by Gasteiger charge is 2.20. The van der Waals surface area contributed by atoms with Crippen molar-refractivity contribution in [3.8, 4) is 0 Å². The molecule has 1 aliphatic heterocycles. The van der Waals surface area contributed by atoms with Crippen molar-refractivity contribution in [3.05, 3.63) is 69.4 Å². The molecule has 0 aliphatic carbocycles. The minimum Gasteiger partial charge on any atom is -0.338 e. The summed E-state index contributed by atoms with van der Waals surface area (Å²) in [6, 6.07) is 11.6. The largest absolute Gasteiger partial charge is 0.338 e. The Kier molecular flexibility index (Phi) is 7.12. The second-order valence-corrected chi connectivity index (χ2v) is 8.57. The fourth-order valence-corrected chi connectivity index (χ4v) is 4.32. The van der Waals surface area contributed by atoms with Gasteiger partial charge in [-0.2, -0.15) is 0 Å². The van der Waals surface area contributed by atoms with Gasteiger partial charge >= 0.3 is 6.03 Å². The highest BCUT2D eigenvalue weighted by Crippen LogP contribution is 2.22. The second-order valence-electron chi connectivity index (χ2n) is 6.77. The highest BCUT2D eigenvalue weighted by molar-refractivity contribution is 7.16. The quantitative estimate of drug-likeness (QED) is 0.646. The van der Waals surface area contributed by atoms with Gasteiger partial charge in [0.1, 0.15) is 0 Å². The Labute approximate surface area is 174 Å². The van der Waals surface area contributed by atoms with Crippen LogP contribution in [0.3, 0.4) is 0 Å². The summed E-state index contributed by atoms with van der Waals surface area (Å²) in [6.45, 7) is 6.57. The topological polar surface area (TPSA) is 52.7 Å². The number of amides is 3. The van der Waals surface area contributed by atoms with E-state index < -0.39 is 0 Å². The number of rotatable bonds is 8. The molecule has 1 N–H and O–H groups in total. The van der Waals surface area contributed by atoms with E-state index in [1.54, 1.807) is 11.0 Å². The molecule has 5 nitrogen and oxygen atoms in total. The molecule has 3 amide bonds. The maximum Gasteiger partial charge on any atom is 0.318 e. The van der Waals surface area contributed by atoms with Crippen molar-refractivity contribution in [2.75, 3.05) is 13.1 Å². The van der Waals surface area contributed by atoms with E-state index >= 15 is 0 Å². The molecule has 0 saturated carbocycles. The number of thiophene rings is 1. The van der Waals surface area contributed by atoms with E-state index in [9.17, 15) is 9.59 Å². The van der Waals surface area contributed by atoms with Gasteiger partial charge in [-0.25, -0.2) is 4.79 Å². The summed E-state index contributed by atoms with van der Waals surface area (Å²) < 4.78 is 0.710. The molecule has 7 heteroatoms. The van der Waals surface area contributed by atoms with Crippen LogP contribution in [-0.4, -0.2) is 34.8 Å². The van der Waals surface area contributed by atoms with Gasteiger partial charge in [-0.1, -0.05) is 41.9 Å². The van der Waals surface area contributed by atoms with Crippen LogP contribution in [0.4, 0.5) is 4.79 Å². The molecule has 1 aliphatic rings. The number of nitrogens with zero attached hydrogens (tertiary/aromatic N) is 2. The third kappa shape index (κ3) is 5.59. The molecule has 2 aromatic rings. The van der Waals surface area contributed by atoms with E-state index in [1.165, 1.54) is 11.3 Å². The van der Waals surface area contributed by atoms with Crippen molar-refractivity contribution in [2.24, 2.45) is 0 Å². The number of hydrogen-bond donors (Lipinski definition) is 1. The van der Waals surface area contributed by atoms with Crippen molar-refractivity contribution >= 4 is 34.9 Å². The summed E-state index contributed by atoms with van der Waals surface area (Å²) >= 11 is 7.45. The summed E-state index contributed by atoms with van der Waals surface area (Å²) in [4.78, 5) is 29.0. The normalized spacial score (nSPS) is 13.6. The first kappa shape index (κ1) is 20.4. The van der Waals surface area contributed by atoms with Gasteiger partial charge in [0.15, 0.2) is 0 Å². The van der Waals surface area contributed by atoms with Crippen molar-refractivity contribution in [3.63, 3.8) is 0 Å². The van der Waals surface area contributed by atoms with Gasteiger partial charge in [-0.05, 0) is 29.7 Å². The fraction of sp³-hybridized carbons (Fsp3) is 0.333. The van der Waals surface area contributed by atoms with E-state index in [4.69, 9.17) is 11.6 Å². The number of benzene rings is 1. The molecule has 2 heterocycles. The summed E-state index contributed by atoms with van der Waals surface area (Å²) in [5.41, 5.74) is 2.09. The standard InChI is InChI=1S/C21H24ClN3O2S/c1-2-10-25(15-18-8-9-19(22)28-18)21(27)23-13-16-5-3-6-17(12-16)14-24-11-4-7-20(24)26/h2-3,5-6,8-9,12H,1,4,7,10-11,13-15H2,(H,23,27). The van der Waals surface area contributed by atoms with Crippen LogP contribution in [0, 0.1) is 0 Å². The first-order valence-corrected chi connectivity index (χ1v) is 10.5. The van der Waals surface area contributed by atoms with E-state index in [1.807, 2.05) is 41.3 Å². The molecule has 3 rings (SSSR count). The van der Waals surface area contributed by atoms with Crippen molar-refractivity contribution < 1.29 is 9.59 Å². The van der Waals surface area contributed by atoms with Gasteiger partial charge < -0.3 is 15.1 Å². The van der Waals surface area contributed by atoms with E-state index in [-0.39, 0.29) is 11.9 Å². The average Bonchev–Trinajstić information content (AvgIpc) is 3.28. The number of carbonyl (C=O) groups is 2. The van der Waals surface area contributed by atoms with Crippen LogP contribution >= 0.6 is 22.9 Å². The number of urea groups is 1. The van der Waals surface area contributed by atoms with Crippen LogP contribution in [-0.2, 0) is 24.4 Å². The first-order valence-electron chi connectivity index (χ1n) is 9.28. The molecule has 28 heavy (non-hydrogen) atoms. The molecule has 0 bridgehead atoms. The summed E-state index contributed by atoms with van der Waals surface area (Å²) in [5.74, 6) is 0.215. The van der Waals surface area contributed by atoms with Crippen molar-refractivity contribution in [1.82, 2.24) is 15.1 Å². The smallest absolute Gasteiger partial charge is 0.318 e. The minimum absolute atomic E-state index is 0.149. The van der Waals surface area contributed by atoms with Crippen LogP contribution in [0.15, 0.2) is 49.1 Å². The third-order valence-electron chi connectivity index (χ3n) is 4.59. The molecule has 0 spiro atoms. The lowest BCUT2D eigenvalue weighted by Gasteiger charge is -2.21. The maximum absolute atomic E-state index is 12.6. The zero-order valence-corrected chi connectivity index (χ0v) is 17.3. The summed E-state index contributed by atoms with van der Waals surface area (Å²) in [6.07, 6.45) is 3.29. The summed E-state index contributed by atoms with van der Waals surface area (Å²) in [7, 11) is 0. The molecule has 1 aromatic heterocycles. The molecule has 1 saturated heterocycles. The molecule has 148 valence electrons. The van der Waals surface area contributed by atoms with Gasteiger partial charge in [0.25, 0.3) is 0 Å². The zero-order chi connectivity index (χ0) is 19.9. The molecular weight excluding hydrogens is 394 g/mol. The number of halogens is 1. The molecule has 1 aromatic carbocycles. The Morgan fingerprint density at radius 2 is 2.14 bits per heavy atom. The molecule has 0 atom stereocenters. The molecule has 1 fully saturated rings. The monoisotopic (exact) mass is 417 g/mol.